The van der Waals surface area contributed by atoms with E-state index in [1.165, 1.54) is 4.90 Å². The van der Waals surface area contributed by atoms with Gasteiger partial charge in [-0.1, -0.05) is 78.9 Å². The van der Waals surface area contributed by atoms with Crippen LogP contribution < -0.4 is 9.80 Å². The van der Waals surface area contributed by atoms with Crippen molar-refractivity contribution in [1.29, 1.82) is 0 Å². The van der Waals surface area contributed by atoms with Crippen LogP contribution in [0, 0.1) is 25.7 Å². The van der Waals surface area contributed by atoms with E-state index in [1.807, 2.05) is 99.6 Å². The molecule has 3 amide bonds. The molecule has 6 rings (SSSR count). The third-order valence-corrected chi connectivity index (χ3v) is 10.3. The van der Waals surface area contributed by atoms with Crippen LogP contribution in [0.15, 0.2) is 104 Å². The molecular formula is C39H43N3O5. The van der Waals surface area contributed by atoms with Crippen molar-refractivity contribution < 1.29 is 24.2 Å². The molecule has 2 unspecified atom stereocenters. The minimum Gasteiger partial charge on any atom is -0.394 e. The Morgan fingerprint density at radius 3 is 2.11 bits per heavy atom. The van der Waals surface area contributed by atoms with Gasteiger partial charge in [0, 0.05) is 24.5 Å². The van der Waals surface area contributed by atoms with Crippen molar-refractivity contribution in [2.75, 3.05) is 29.5 Å². The van der Waals surface area contributed by atoms with Crippen LogP contribution in [0.3, 0.4) is 0 Å². The Balaban J connectivity index is 1.52. The van der Waals surface area contributed by atoms with Crippen molar-refractivity contribution in [1.82, 2.24) is 4.90 Å². The second kappa shape index (κ2) is 12.6. The molecule has 0 saturated carbocycles. The van der Waals surface area contributed by atoms with Crippen LogP contribution >= 0.6 is 0 Å². The largest absolute Gasteiger partial charge is 0.394 e. The summed E-state index contributed by atoms with van der Waals surface area (Å²) in [6, 6.07) is 22.5. The smallest absolute Gasteiger partial charge is 0.253 e. The first-order chi connectivity index (χ1) is 22.6. The molecule has 3 aliphatic heterocycles. The van der Waals surface area contributed by atoms with Gasteiger partial charge in [-0.2, -0.15) is 0 Å². The number of hydrogen-bond acceptors (Lipinski definition) is 5. The highest BCUT2D eigenvalue weighted by atomic mass is 16.5. The van der Waals surface area contributed by atoms with Crippen molar-refractivity contribution in [3.8, 4) is 0 Å². The predicted octanol–water partition coefficient (Wildman–Crippen LogP) is 5.54. The number of likely N-dealkylation sites (tertiary alicyclic amines) is 1. The number of amides is 3. The molecule has 6 atom stereocenters. The molecule has 0 radical (unpaired) electrons. The third-order valence-electron chi connectivity index (χ3n) is 10.3. The van der Waals surface area contributed by atoms with E-state index in [2.05, 4.69) is 13.2 Å². The van der Waals surface area contributed by atoms with E-state index in [0.29, 0.717) is 24.1 Å². The molecule has 8 heteroatoms. The number of benzene rings is 3. The zero-order valence-electron chi connectivity index (χ0n) is 27.3. The Morgan fingerprint density at radius 1 is 0.915 bits per heavy atom. The topological polar surface area (TPSA) is 90.4 Å². The van der Waals surface area contributed by atoms with Crippen molar-refractivity contribution in [3.63, 3.8) is 0 Å². The highest BCUT2D eigenvalue weighted by Crippen LogP contribution is 2.64. The van der Waals surface area contributed by atoms with E-state index in [0.717, 1.165) is 16.8 Å². The summed E-state index contributed by atoms with van der Waals surface area (Å²) < 4.78 is 6.97. The molecule has 8 nitrogen and oxygen atoms in total. The summed E-state index contributed by atoms with van der Waals surface area (Å²) in [5, 5.41) is 10.9. The summed E-state index contributed by atoms with van der Waals surface area (Å²) in [5.41, 5.74) is 1.70. The van der Waals surface area contributed by atoms with Crippen molar-refractivity contribution in [2.24, 2.45) is 11.8 Å². The van der Waals surface area contributed by atoms with Crippen LogP contribution in [0.2, 0.25) is 0 Å². The number of nitrogens with zero attached hydrogens (tertiary/aromatic N) is 3. The van der Waals surface area contributed by atoms with E-state index in [1.54, 1.807) is 22.0 Å². The van der Waals surface area contributed by atoms with Crippen molar-refractivity contribution in [3.05, 3.63) is 121 Å². The Morgan fingerprint density at radius 2 is 1.51 bits per heavy atom. The Kier molecular flexibility index (Phi) is 8.68. The van der Waals surface area contributed by atoms with E-state index in [9.17, 15) is 9.90 Å². The maximum Gasteiger partial charge on any atom is 0.253 e. The van der Waals surface area contributed by atoms with Crippen molar-refractivity contribution >= 4 is 29.1 Å². The molecule has 2 bridgehead atoms. The third kappa shape index (κ3) is 5.11. The summed E-state index contributed by atoms with van der Waals surface area (Å²) in [6.07, 6.45) is 4.27. The van der Waals surface area contributed by atoms with Crippen molar-refractivity contribution in [2.45, 2.75) is 56.9 Å². The summed E-state index contributed by atoms with van der Waals surface area (Å²) in [7, 11) is 0. The summed E-state index contributed by atoms with van der Waals surface area (Å²) >= 11 is 0. The molecule has 0 aliphatic carbocycles. The second-order valence-corrected chi connectivity index (χ2v) is 13.1. The molecule has 3 aromatic carbocycles. The number of para-hydroxylation sites is 2. The minimum absolute atomic E-state index is 0.208. The average Bonchev–Trinajstić information content (AvgIpc) is 3.64. The standard InChI is InChI=1S/C39H43N3O5/c1-6-23-40(29-19-12-9-13-20-29)35(44)31-32-36(45)42(30(25-43)28-17-10-8-11-18-28)34(39(32)22-21-38(31,5)47-39)37(46)41(24-7-2)33-26(3)15-14-16-27(33)4/h6-20,30-32,34,43H,1-2,21-25H2,3-5H3/t30-,31-,32+,34?,38+,39?/m1/s1. The number of fused-ring (bicyclic) bond motifs is 1. The van der Waals surface area contributed by atoms with E-state index in [-0.39, 0.29) is 30.8 Å². The lowest BCUT2D eigenvalue weighted by Gasteiger charge is -2.40. The van der Waals surface area contributed by atoms with E-state index >= 15 is 9.59 Å². The zero-order chi connectivity index (χ0) is 33.5. The van der Waals surface area contributed by atoms with Gasteiger partial charge in [-0.25, -0.2) is 0 Å². The van der Waals surface area contributed by atoms with Crippen LogP contribution in [0.1, 0.15) is 42.5 Å². The molecular weight excluding hydrogens is 590 g/mol. The number of ether oxygens (including phenoxy) is 1. The highest BCUT2D eigenvalue weighted by molar-refractivity contribution is 6.07. The van der Waals surface area contributed by atoms with Gasteiger partial charge in [-0.3, -0.25) is 14.4 Å². The first kappa shape index (κ1) is 32.4. The Bertz CT molecular complexity index is 1670. The summed E-state index contributed by atoms with van der Waals surface area (Å²) in [5.74, 6) is -2.72. The monoisotopic (exact) mass is 633 g/mol. The fraction of sp³-hybridized carbons (Fsp3) is 0.359. The Labute approximate surface area is 276 Å². The number of hydrogen-bond donors (Lipinski definition) is 1. The van der Waals surface area contributed by atoms with Crippen LogP contribution in [0.25, 0.3) is 0 Å². The fourth-order valence-electron chi connectivity index (χ4n) is 8.41. The lowest BCUT2D eigenvalue weighted by atomic mass is 9.66. The molecule has 0 aromatic heterocycles. The maximum atomic E-state index is 15.2. The SMILES string of the molecule is C=CCN(C(=O)[C@H]1[C@H]2C(=O)N([C@H](CO)c3ccccc3)C(C(=O)N(CC=C)c3c(C)cccc3C)C23CC[C@]1(C)O3)c1ccccc1. The van der Waals surface area contributed by atoms with E-state index < -0.39 is 41.7 Å². The number of carbonyl (C=O) groups excluding carboxylic acids is 3. The van der Waals surface area contributed by atoms with Crippen LogP contribution in [0.4, 0.5) is 11.4 Å². The second-order valence-electron chi connectivity index (χ2n) is 13.1. The molecule has 3 aliphatic rings. The maximum absolute atomic E-state index is 15.2. The lowest BCUT2D eigenvalue weighted by Crippen LogP contribution is -2.57. The van der Waals surface area contributed by atoms with Crippen LogP contribution in [-0.2, 0) is 19.1 Å². The number of aryl methyl sites for hydroxylation is 2. The number of carbonyl (C=O) groups is 3. The van der Waals surface area contributed by atoms with Gasteiger partial charge in [0.15, 0.2) is 0 Å². The zero-order valence-corrected chi connectivity index (χ0v) is 27.3. The van der Waals surface area contributed by atoms with Gasteiger partial charge in [-0.05, 0) is 62.4 Å². The summed E-state index contributed by atoms with van der Waals surface area (Å²) in [6.45, 7) is 13.7. The molecule has 244 valence electrons. The van der Waals surface area contributed by atoms with Gasteiger partial charge in [0.2, 0.25) is 11.8 Å². The molecule has 1 spiro atoms. The highest BCUT2D eigenvalue weighted by Gasteiger charge is 2.79. The van der Waals surface area contributed by atoms with Gasteiger partial charge in [0.25, 0.3) is 5.91 Å². The number of aliphatic hydroxyl groups excluding tert-OH is 1. The summed E-state index contributed by atoms with van der Waals surface area (Å²) in [4.78, 5) is 49.8. The number of anilines is 2. The van der Waals surface area contributed by atoms with Gasteiger partial charge < -0.3 is 24.5 Å². The van der Waals surface area contributed by atoms with Gasteiger partial charge in [-0.15, -0.1) is 13.2 Å². The molecule has 47 heavy (non-hydrogen) atoms. The van der Waals surface area contributed by atoms with E-state index in [4.69, 9.17) is 4.74 Å². The predicted molar refractivity (Wildman–Crippen MR) is 183 cm³/mol. The molecule has 3 saturated heterocycles. The molecule has 1 N–H and O–H groups in total. The molecule has 3 fully saturated rings. The van der Waals surface area contributed by atoms with Gasteiger partial charge in [0.05, 0.1) is 30.1 Å². The Hall–Kier alpha value is -4.53. The minimum atomic E-state index is -1.28. The normalized spacial score (nSPS) is 26.5. The molecule has 3 aromatic rings. The first-order valence-corrected chi connectivity index (χ1v) is 16.3. The van der Waals surface area contributed by atoms with Crippen LogP contribution in [-0.4, -0.2) is 64.7 Å². The average molecular weight is 634 g/mol. The van der Waals surface area contributed by atoms with Gasteiger partial charge in [0.1, 0.15) is 11.6 Å². The quantitative estimate of drug-likeness (QED) is 0.280. The first-order valence-electron chi connectivity index (χ1n) is 16.3. The number of aliphatic hydroxyl groups is 1. The van der Waals surface area contributed by atoms with Crippen LogP contribution in [0.5, 0.6) is 0 Å². The van der Waals surface area contributed by atoms with Gasteiger partial charge >= 0.3 is 0 Å². The number of rotatable bonds is 11. The molecule has 3 heterocycles. The lowest BCUT2D eigenvalue weighted by molar-refractivity contribution is -0.148. The fourth-order valence-corrected chi connectivity index (χ4v) is 8.41.